The zero-order chi connectivity index (χ0) is 23.8. The third kappa shape index (κ3) is 3.77. The zero-order valence-electron chi connectivity index (χ0n) is 18.5. The molecule has 0 bridgehead atoms. The van der Waals surface area contributed by atoms with E-state index in [2.05, 4.69) is 20.4 Å². The van der Waals surface area contributed by atoms with Crippen LogP contribution in [0.1, 0.15) is 27.0 Å². The number of thiophene rings is 1. The summed E-state index contributed by atoms with van der Waals surface area (Å²) in [6.45, 7) is 5.00. The number of nitrogens with zero attached hydrogens (tertiary/aromatic N) is 3. The van der Waals surface area contributed by atoms with E-state index < -0.39 is 11.7 Å². The van der Waals surface area contributed by atoms with Crippen molar-refractivity contribution in [3.63, 3.8) is 0 Å². The number of aromatic amines is 1. The van der Waals surface area contributed by atoms with E-state index >= 15 is 0 Å². The van der Waals surface area contributed by atoms with Crippen molar-refractivity contribution in [3.8, 4) is 22.5 Å². The maximum absolute atomic E-state index is 11.9. The van der Waals surface area contributed by atoms with Crippen LogP contribution in [-0.2, 0) is 6.54 Å². The molecule has 3 heterocycles. The van der Waals surface area contributed by atoms with E-state index in [1.54, 1.807) is 0 Å². The van der Waals surface area contributed by atoms with Crippen LogP contribution in [0.3, 0.4) is 0 Å². The number of aryl methyl sites for hydroxylation is 1. The molecule has 0 unspecified atom stereocenters. The van der Waals surface area contributed by atoms with E-state index in [1.807, 2.05) is 66.9 Å². The summed E-state index contributed by atoms with van der Waals surface area (Å²) in [5.74, 6) is -0.608. The summed E-state index contributed by atoms with van der Waals surface area (Å²) >= 11 is 1.25. The first kappa shape index (κ1) is 21.7. The van der Waals surface area contributed by atoms with Crippen molar-refractivity contribution < 1.29 is 14.4 Å². The number of imidazole rings is 1. The Hall–Kier alpha value is -4.18. The van der Waals surface area contributed by atoms with Crippen molar-refractivity contribution in [1.82, 2.24) is 19.7 Å². The minimum Gasteiger partial charge on any atom is -0.477 e. The highest BCUT2D eigenvalue weighted by atomic mass is 32.1. The second-order valence-electron chi connectivity index (χ2n) is 7.71. The lowest BCUT2D eigenvalue weighted by Gasteiger charge is -2.12. The van der Waals surface area contributed by atoms with Crippen LogP contribution in [0.2, 0.25) is 0 Å². The van der Waals surface area contributed by atoms with Crippen LogP contribution in [-0.4, -0.2) is 37.3 Å². The second-order valence-corrected chi connectivity index (χ2v) is 8.94. The Labute approximate surface area is 197 Å². The van der Waals surface area contributed by atoms with Crippen LogP contribution < -0.4 is 11.1 Å². The molecule has 0 saturated carbocycles. The highest BCUT2D eigenvalue weighted by Gasteiger charge is 2.23. The molecule has 2 aromatic carbocycles. The van der Waals surface area contributed by atoms with Gasteiger partial charge >= 0.3 is 11.7 Å². The van der Waals surface area contributed by atoms with E-state index in [9.17, 15) is 14.7 Å². The number of anilines is 1. The van der Waals surface area contributed by atoms with Crippen molar-refractivity contribution in [2.45, 2.75) is 20.4 Å². The Morgan fingerprint density at radius 2 is 1.88 bits per heavy atom. The molecular formula is C24H21N5O4S. The van der Waals surface area contributed by atoms with Crippen molar-refractivity contribution in [3.05, 3.63) is 74.4 Å². The van der Waals surface area contributed by atoms with Crippen molar-refractivity contribution in [1.29, 1.82) is 0 Å². The van der Waals surface area contributed by atoms with Crippen molar-refractivity contribution in [2.75, 3.05) is 11.9 Å². The standard InChI is InChI=1S/C24H21N5O4S/c1-3-25-23-26-18-13(2)34-20(22(30)31)19(18)29(23)12-14-8-10-15(11-9-14)16-6-4-5-7-17(16)21-27-24(32)33-28-21/h4-11H,3,12H2,1-2H3,(H,25,26)(H,30,31)(H,27,28,32). The second kappa shape index (κ2) is 8.64. The molecule has 10 heteroatoms. The number of benzene rings is 2. The molecule has 5 aromatic rings. The molecule has 0 amide bonds. The molecule has 0 fully saturated rings. The van der Waals surface area contributed by atoms with Crippen LogP contribution >= 0.6 is 11.3 Å². The SMILES string of the molecule is CCNc1nc2c(C)sc(C(=O)O)c2n1Cc1ccc(-c2ccccc2-c2nc(=O)o[nH]2)cc1. The number of hydrogen-bond donors (Lipinski definition) is 3. The number of rotatable bonds is 7. The van der Waals surface area contributed by atoms with Gasteiger partial charge in [0.1, 0.15) is 10.4 Å². The van der Waals surface area contributed by atoms with Gasteiger partial charge < -0.3 is 19.5 Å². The number of H-pyrrole nitrogens is 1. The first-order valence-corrected chi connectivity index (χ1v) is 11.5. The van der Waals surface area contributed by atoms with E-state index in [4.69, 9.17) is 4.52 Å². The first-order chi connectivity index (χ1) is 16.5. The minimum atomic E-state index is -0.954. The van der Waals surface area contributed by atoms with E-state index in [1.165, 1.54) is 11.3 Å². The summed E-state index contributed by atoms with van der Waals surface area (Å²) in [4.78, 5) is 33.0. The van der Waals surface area contributed by atoms with Crippen molar-refractivity contribution in [2.24, 2.45) is 0 Å². The fraction of sp³-hybridized carbons (Fsp3) is 0.167. The third-order valence-electron chi connectivity index (χ3n) is 5.53. The van der Waals surface area contributed by atoms with Gasteiger partial charge in [-0.25, -0.2) is 14.6 Å². The molecule has 0 atom stereocenters. The van der Waals surface area contributed by atoms with Gasteiger partial charge in [-0.05, 0) is 30.5 Å². The maximum atomic E-state index is 11.9. The summed E-state index contributed by atoms with van der Waals surface area (Å²) in [6, 6.07) is 15.6. The monoisotopic (exact) mass is 475 g/mol. The average molecular weight is 476 g/mol. The Kier molecular flexibility index (Phi) is 5.50. The highest BCUT2D eigenvalue weighted by Crippen LogP contribution is 2.34. The molecule has 9 nitrogen and oxygen atoms in total. The van der Waals surface area contributed by atoms with Gasteiger partial charge in [0.25, 0.3) is 0 Å². The molecule has 3 N–H and O–H groups in total. The number of aromatic nitrogens is 4. The summed E-state index contributed by atoms with van der Waals surface area (Å²) < 4.78 is 6.66. The van der Waals surface area contributed by atoms with Gasteiger partial charge in [-0.3, -0.25) is 0 Å². The predicted molar refractivity (Wildman–Crippen MR) is 131 cm³/mol. The average Bonchev–Trinajstić information content (AvgIpc) is 3.51. The van der Waals surface area contributed by atoms with Gasteiger partial charge in [0, 0.05) is 17.0 Å². The maximum Gasteiger partial charge on any atom is 0.460 e. The molecule has 0 aliphatic rings. The molecule has 172 valence electrons. The Morgan fingerprint density at radius 3 is 2.53 bits per heavy atom. The lowest BCUT2D eigenvalue weighted by Crippen LogP contribution is -2.09. The molecule has 0 radical (unpaired) electrons. The Balaban J connectivity index is 1.52. The third-order valence-corrected chi connectivity index (χ3v) is 6.60. The van der Waals surface area contributed by atoms with Crippen LogP contribution in [0.4, 0.5) is 5.95 Å². The van der Waals surface area contributed by atoms with Gasteiger partial charge in [0.05, 0.1) is 12.1 Å². The molecular weight excluding hydrogens is 454 g/mol. The summed E-state index contributed by atoms with van der Waals surface area (Å²) in [7, 11) is 0. The Bertz CT molecular complexity index is 1560. The van der Waals surface area contributed by atoms with Gasteiger partial charge in [-0.1, -0.05) is 48.5 Å². The number of hydrogen-bond acceptors (Lipinski definition) is 7. The fourth-order valence-electron chi connectivity index (χ4n) is 4.03. The number of carbonyl (C=O) groups is 1. The molecule has 34 heavy (non-hydrogen) atoms. The molecule has 0 saturated heterocycles. The van der Waals surface area contributed by atoms with E-state index in [-0.39, 0.29) is 4.88 Å². The van der Waals surface area contributed by atoms with Gasteiger partial charge in [0.2, 0.25) is 5.95 Å². The molecule has 3 aromatic heterocycles. The summed E-state index contributed by atoms with van der Waals surface area (Å²) in [6.07, 6.45) is 0. The summed E-state index contributed by atoms with van der Waals surface area (Å²) in [5.41, 5.74) is 4.95. The molecule has 5 rings (SSSR count). The number of aromatic carboxylic acids is 1. The van der Waals surface area contributed by atoms with Crippen LogP contribution in [0.25, 0.3) is 33.5 Å². The Morgan fingerprint density at radius 1 is 1.15 bits per heavy atom. The topological polar surface area (TPSA) is 126 Å². The normalized spacial score (nSPS) is 11.2. The summed E-state index contributed by atoms with van der Waals surface area (Å²) in [5, 5.41) is 15.5. The van der Waals surface area contributed by atoms with Crippen molar-refractivity contribution >= 4 is 34.3 Å². The molecule has 0 spiro atoms. The van der Waals surface area contributed by atoms with Gasteiger partial charge in [-0.15, -0.1) is 11.3 Å². The first-order valence-electron chi connectivity index (χ1n) is 10.7. The van der Waals surface area contributed by atoms with Gasteiger partial charge in [0.15, 0.2) is 5.82 Å². The van der Waals surface area contributed by atoms with Crippen LogP contribution in [0.15, 0.2) is 57.8 Å². The number of nitrogens with one attached hydrogen (secondary N) is 2. The smallest absolute Gasteiger partial charge is 0.460 e. The van der Waals surface area contributed by atoms with Crippen LogP contribution in [0, 0.1) is 6.92 Å². The quantitative estimate of drug-likeness (QED) is 0.314. The minimum absolute atomic E-state index is 0.288. The predicted octanol–water partition coefficient (Wildman–Crippen LogP) is 4.59. The number of fused-ring (bicyclic) bond motifs is 1. The molecule has 0 aliphatic carbocycles. The van der Waals surface area contributed by atoms with Crippen LogP contribution in [0.5, 0.6) is 0 Å². The fourth-order valence-corrected chi connectivity index (χ4v) is 4.96. The lowest BCUT2D eigenvalue weighted by molar-refractivity contribution is 0.0703. The lowest BCUT2D eigenvalue weighted by atomic mass is 9.98. The largest absolute Gasteiger partial charge is 0.477 e. The van der Waals surface area contributed by atoms with E-state index in [0.29, 0.717) is 35.9 Å². The highest BCUT2D eigenvalue weighted by molar-refractivity contribution is 7.15. The van der Waals surface area contributed by atoms with E-state index in [0.717, 1.165) is 27.1 Å². The zero-order valence-corrected chi connectivity index (χ0v) is 19.3. The number of carboxylic acids is 1. The number of carboxylic acid groups (broad SMARTS) is 1. The molecule has 0 aliphatic heterocycles. The van der Waals surface area contributed by atoms with Gasteiger partial charge in [-0.2, -0.15) is 10.1 Å².